The van der Waals surface area contributed by atoms with Gasteiger partial charge in [-0.15, -0.1) is 0 Å². The molecule has 0 bridgehead atoms. The number of carbonyl (C=O) groups excluding carboxylic acids is 2. The topological polar surface area (TPSA) is 78.7 Å². The zero-order valence-corrected chi connectivity index (χ0v) is 19.3. The Bertz CT molecular complexity index is 979. The van der Waals surface area contributed by atoms with Crippen molar-refractivity contribution >= 4 is 11.8 Å². The predicted molar refractivity (Wildman–Crippen MR) is 125 cm³/mol. The number of likely N-dealkylation sites (tertiary alicyclic amines) is 1. The predicted octanol–water partition coefficient (Wildman–Crippen LogP) is 3.82. The number of nitrogens with zero attached hydrogens (tertiary/aromatic N) is 2. The fourth-order valence-electron chi connectivity index (χ4n) is 4.68. The lowest BCUT2D eigenvalue weighted by Gasteiger charge is -2.38. The Morgan fingerprint density at radius 2 is 1.97 bits per heavy atom. The molecule has 6 nitrogen and oxygen atoms in total. The molecule has 1 aromatic carbocycles. The standard InChI is InChI=1S/C25H31F3N4O2/c1-3-4-20(9-12-29)32-13-10-19(11-14-32)31(2)24(34)18-6-5-17-7-8-22(21(17)15-18)30-23(33)16-25(26,27)28/h3-6,9,12,15,19,22H,1,7-8,10-11,13-14,16,29H2,2H3,(H,30,33)/b12-9-,20-4+/t22-/m1/s1. The molecule has 3 rings (SSSR count). The number of hydrogen-bond donors (Lipinski definition) is 2. The summed E-state index contributed by atoms with van der Waals surface area (Å²) in [6, 6.07) is 4.85. The Kier molecular flexibility index (Phi) is 8.06. The molecule has 0 aromatic heterocycles. The second-order valence-electron chi connectivity index (χ2n) is 8.68. The van der Waals surface area contributed by atoms with Crippen molar-refractivity contribution in [2.45, 2.75) is 50.4 Å². The van der Waals surface area contributed by atoms with Gasteiger partial charge in [-0.1, -0.05) is 18.7 Å². The molecule has 0 saturated carbocycles. The smallest absolute Gasteiger partial charge is 0.397 e. The molecule has 0 spiro atoms. The van der Waals surface area contributed by atoms with Gasteiger partial charge in [0.05, 0.1) is 6.04 Å². The number of allylic oxidation sites excluding steroid dienone is 3. The second-order valence-corrected chi connectivity index (χ2v) is 8.68. The van der Waals surface area contributed by atoms with E-state index in [9.17, 15) is 22.8 Å². The number of rotatable bonds is 7. The van der Waals surface area contributed by atoms with Gasteiger partial charge in [0.2, 0.25) is 5.91 Å². The minimum absolute atomic E-state index is 0.0612. The van der Waals surface area contributed by atoms with E-state index in [-0.39, 0.29) is 11.9 Å². The Morgan fingerprint density at radius 1 is 1.26 bits per heavy atom. The molecule has 1 heterocycles. The normalized spacial score (nSPS) is 19.2. The van der Waals surface area contributed by atoms with Crippen molar-refractivity contribution in [2.24, 2.45) is 5.73 Å². The van der Waals surface area contributed by atoms with Gasteiger partial charge in [-0.05, 0) is 67.3 Å². The molecule has 2 aliphatic rings. The van der Waals surface area contributed by atoms with Gasteiger partial charge in [-0.25, -0.2) is 0 Å². The summed E-state index contributed by atoms with van der Waals surface area (Å²) in [5.74, 6) is -1.20. The molecule has 0 unspecified atom stereocenters. The SMILES string of the molecule is C=C/C=C(\C=C/N)N1CCC(N(C)C(=O)c2ccc3c(c2)[C@H](NC(=O)CC(F)(F)F)CC3)CC1. The number of carbonyl (C=O) groups is 2. The molecule has 1 aromatic rings. The summed E-state index contributed by atoms with van der Waals surface area (Å²) in [5, 5.41) is 2.47. The van der Waals surface area contributed by atoms with E-state index in [0.29, 0.717) is 18.4 Å². The summed E-state index contributed by atoms with van der Waals surface area (Å²) in [7, 11) is 1.78. The number of hydrogen-bond acceptors (Lipinski definition) is 4. The van der Waals surface area contributed by atoms with Gasteiger partial charge >= 0.3 is 6.18 Å². The van der Waals surface area contributed by atoms with Crippen LogP contribution >= 0.6 is 0 Å². The van der Waals surface area contributed by atoms with Gasteiger partial charge in [0.1, 0.15) is 6.42 Å². The Labute approximate surface area is 198 Å². The van der Waals surface area contributed by atoms with Crippen molar-refractivity contribution in [1.82, 2.24) is 15.1 Å². The van der Waals surface area contributed by atoms with Crippen LogP contribution in [0.25, 0.3) is 0 Å². The molecule has 1 atom stereocenters. The minimum Gasteiger partial charge on any atom is -0.405 e. The van der Waals surface area contributed by atoms with Crippen molar-refractivity contribution in [3.8, 4) is 0 Å². The van der Waals surface area contributed by atoms with Gasteiger partial charge in [0, 0.05) is 37.4 Å². The lowest BCUT2D eigenvalue weighted by atomic mass is 10.00. The quantitative estimate of drug-likeness (QED) is 0.587. The van der Waals surface area contributed by atoms with Crippen LogP contribution < -0.4 is 11.1 Å². The molecule has 1 fully saturated rings. The van der Waals surface area contributed by atoms with Crippen LogP contribution in [0.4, 0.5) is 13.2 Å². The average molecular weight is 477 g/mol. The maximum absolute atomic E-state index is 13.2. The van der Waals surface area contributed by atoms with Gasteiger partial charge in [-0.3, -0.25) is 9.59 Å². The summed E-state index contributed by atoms with van der Waals surface area (Å²) in [5.41, 5.74) is 8.65. The van der Waals surface area contributed by atoms with E-state index in [2.05, 4.69) is 16.8 Å². The largest absolute Gasteiger partial charge is 0.405 e. The third kappa shape index (κ3) is 6.21. The maximum Gasteiger partial charge on any atom is 0.397 e. The first kappa shape index (κ1) is 25.4. The highest BCUT2D eigenvalue weighted by Crippen LogP contribution is 2.33. The van der Waals surface area contributed by atoms with Crippen LogP contribution in [0.2, 0.25) is 0 Å². The molecule has 2 amide bonds. The Morgan fingerprint density at radius 3 is 2.59 bits per heavy atom. The number of fused-ring (bicyclic) bond motifs is 1. The van der Waals surface area contributed by atoms with Crippen molar-refractivity contribution < 1.29 is 22.8 Å². The number of piperidine rings is 1. The first-order valence-electron chi connectivity index (χ1n) is 11.3. The highest BCUT2D eigenvalue weighted by atomic mass is 19.4. The molecule has 184 valence electrons. The van der Waals surface area contributed by atoms with Gasteiger partial charge in [0.25, 0.3) is 5.91 Å². The fourth-order valence-corrected chi connectivity index (χ4v) is 4.68. The summed E-state index contributed by atoms with van der Waals surface area (Å²) >= 11 is 0. The van der Waals surface area contributed by atoms with Crippen LogP contribution in [0.15, 0.2) is 54.9 Å². The number of nitrogens with one attached hydrogen (secondary N) is 1. The third-order valence-corrected chi connectivity index (χ3v) is 6.42. The average Bonchev–Trinajstić information content (AvgIpc) is 3.18. The van der Waals surface area contributed by atoms with Crippen molar-refractivity contribution in [2.75, 3.05) is 20.1 Å². The van der Waals surface area contributed by atoms with Gasteiger partial charge in [0.15, 0.2) is 0 Å². The molecular weight excluding hydrogens is 445 g/mol. The number of amides is 2. The van der Waals surface area contributed by atoms with Crippen LogP contribution in [0, 0.1) is 0 Å². The van der Waals surface area contributed by atoms with Crippen molar-refractivity contribution in [1.29, 1.82) is 0 Å². The molecule has 1 saturated heterocycles. The minimum atomic E-state index is -4.55. The van der Waals surface area contributed by atoms with E-state index >= 15 is 0 Å². The van der Waals surface area contributed by atoms with Gasteiger partial charge in [-0.2, -0.15) is 13.2 Å². The van der Waals surface area contributed by atoms with Gasteiger partial charge < -0.3 is 20.9 Å². The summed E-state index contributed by atoms with van der Waals surface area (Å²) in [4.78, 5) is 28.9. The van der Waals surface area contributed by atoms with Crippen LogP contribution in [0.3, 0.4) is 0 Å². The molecule has 0 radical (unpaired) electrons. The van der Waals surface area contributed by atoms with Crippen LogP contribution in [-0.4, -0.2) is 54.0 Å². The van der Waals surface area contributed by atoms with E-state index in [1.807, 2.05) is 18.2 Å². The first-order valence-corrected chi connectivity index (χ1v) is 11.3. The molecular formula is C25H31F3N4O2. The summed E-state index contributed by atoms with van der Waals surface area (Å²) in [6.07, 6.45) is 3.60. The third-order valence-electron chi connectivity index (χ3n) is 6.42. The van der Waals surface area contributed by atoms with Crippen LogP contribution in [0.1, 0.15) is 53.2 Å². The highest BCUT2D eigenvalue weighted by molar-refractivity contribution is 5.94. The zero-order valence-electron chi connectivity index (χ0n) is 19.3. The van der Waals surface area contributed by atoms with Crippen molar-refractivity contribution in [3.05, 3.63) is 71.6 Å². The summed E-state index contributed by atoms with van der Waals surface area (Å²) in [6.45, 7) is 5.27. The van der Waals surface area contributed by atoms with Crippen LogP contribution in [0.5, 0.6) is 0 Å². The monoisotopic (exact) mass is 476 g/mol. The number of benzene rings is 1. The summed E-state index contributed by atoms with van der Waals surface area (Å²) < 4.78 is 37.6. The van der Waals surface area contributed by atoms with E-state index in [0.717, 1.165) is 42.8 Å². The molecule has 1 aliphatic heterocycles. The Hall–Kier alpha value is -3.23. The maximum atomic E-state index is 13.2. The van der Waals surface area contributed by atoms with E-state index in [4.69, 9.17) is 5.73 Å². The van der Waals surface area contributed by atoms with E-state index in [1.54, 1.807) is 30.2 Å². The number of halogens is 3. The second kappa shape index (κ2) is 10.8. The lowest BCUT2D eigenvalue weighted by Crippen LogP contribution is -2.45. The molecule has 3 N–H and O–H groups in total. The molecule has 9 heteroatoms. The lowest BCUT2D eigenvalue weighted by molar-refractivity contribution is -0.154. The molecule has 34 heavy (non-hydrogen) atoms. The fraction of sp³-hybridized carbons (Fsp3) is 0.440. The zero-order chi connectivity index (χ0) is 24.9. The number of aryl methyl sites for hydroxylation is 1. The van der Waals surface area contributed by atoms with E-state index in [1.165, 1.54) is 6.20 Å². The highest BCUT2D eigenvalue weighted by Gasteiger charge is 2.34. The molecule has 1 aliphatic carbocycles. The van der Waals surface area contributed by atoms with E-state index < -0.39 is 24.5 Å². The van der Waals surface area contributed by atoms with Crippen LogP contribution in [-0.2, 0) is 11.2 Å². The van der Waals surface area contributed by atoms with Crippen molar-refractivity contribution in [3.63, 3.8) is 0 Å². The number of alkyl halides is 3. The number of nitrogens with two attached hydrogens (primary N) is 1. The first-order chi connectivity index (χ1) is 16.1. The Balaban J connectivity index is 1.65.